The topological polar surface area (TPSA) is 84.9 Å². The molecule has 6 heteroatoms. The fourth-order valence-electron chi connectivity index (χ4n) is 2.49. The molecule has 2 aromatic carbocycles. The molecule has 0 saturated heterocycles. The SMILES string of the molecule is COc1cccc(OC)c1CC(=O)NCCc1ccc(C(=O)O)cc1. The first-order valence-corrected chi connectivity index (χ1v) is 7.84. The number of methoxy groups -OCH3 is 2. The number of amides is 1. The summed E-state index contributed by atoms with van der Waals surface area (Å²) in [7, 11) is 3.11. The standard InChI is InChI=1S/C19H21NO5/c1-24-16-4-3-5-17(25-2)15(16)12-18(21)20-11-10-13-6-8-14(9-7-13)19(22)23/h3-9H,10-12H2,1-2H3,(H,20,21)(H,22,23). The van der Waals surface area contributed by atoms with Crippen LogP contribution in [0.4, 0.5) is 0 Å². The van der Waals surface area contributed by atoms with Crippen LogP contribution in [0.15, 0.2) is 42.5 Å². The summed E-state index contributed by atoms with van der Waals surface area (Å²) < 4.78 is 10.6. The van der Waals surface area contributed by atoms with Crippen molar-refractivity contribution in [2.45, 2.75) is 12.8 Å². The van der Waals surface area contributed by atoms with E-state index in [0.717, 1.165) is 5.56 Å². The van der Waals surface area contributed by atoms with Gasteiger partial charge >= 0.3 is 5.97 Å². The number of carboxylic acids is 1. The molecule has 0 aromatic heterocycles. The lowest BCUT2D eigenvalue weighted by Gasteiger charge is -2.13. The molecule has 0 atom stereocenters. The monoisotopic (exact) mass is 343 g/mol. The van der Waals surface area contributed by atoms with Crippen molar-refractivity contribution < 1.29 is 24.2 Å². The maximum absolute atomic E-state index is 12.2. The van der Waals surface area contributed by atoms with Gasteiger partial charge in [-0.25, -0.2) is 4.79 Å². The molecular formula is C19H21NO5. The van der Waals surface area contributed by atoms with Crippen LogP contribution in [0, 0.1) is 0 Å². The molecule has 0 saturated carbocycles. The highest BCUT2D eigenvalue weighted by atomic mass is 16.5. The van der Waals surface area contributed by atoms with Gasteiger partial charge in [0, 0.05) is 12.1 Å². The number of carbonyl (C=O) groups is 2. The highest BCUT2D eigenvalue weighted by molar-refractivity contribution is 5.87. The first-order chi connectivity index (χ1) is 12.0. The van der Waals surface area contributed by atoms with Crippen molar-refractivity contribution in [1.29, 1.82) is 0 Å². The summed E-state index contributed by atoms with van der Waals surface area (Å²) in [6.45, 7) is 0.461. The third-order valence-electron chi connectivity index (χ3n) is 3.80. The number of hydrogen-bond donors (Lipinski definition) is 2. The third kappa shape index (κ3) is 4.97. The molecule has 2 rings (SSSR count). The molecule has 0 aliphatic heterocycles. The lowest BCUT2D eigenvalue weighted by Crippen LogP contribution is -2.27. The van der Waals surface area contributed by atoms with Crippen LogP contribution in [0.3, 0.4) is 0 Å². The van der Waals surface area contributed by atoms with Crippen molar-refractivity contribution in [2.24, 2.45) is 0 Å². The minimum Gasteiger partial charge on any atom is -0.496 e. The van der Waals surface area contributed by atoms with E-state index in [1.807, 2.05) is 0 Å². The fraction of sp³-hybridized carbons (Fsp3) is 0.263. The molecule has 2 aromatic rings. The Morgan fingerprint density at radius 2 is 1.60 bits per heavy atom. The van der Waals surface area contributed by atoms with Gasteiger partial charge in [0.2, 0.25) is 5.91 Å². The van der Waals surface area contributed by atoms with Gasteiger partial charge in [-0.1, -0.05) is 18.2 Å². The van der Waals surface area contributed by atoms with Crippen molar-refractivity contribution in [2.75, 3.05) is 20.8 Å². The molecule has 0 fully saturated rings. The number of carbonyl (C=O) groups excluding carboxylic acids is 1. The molecule has 0 aliphatic rings. The summed E-state index contributed by atoms with van der Waals surface area (Å²) in [5.74, 6) is 0.132. The number of nitrogens with one attached hydrogen (secondary N) is 1. The summed E-state index contributed by atoms with van der Waals surface area (Å²) in [4.78, 5) is 23.0. The van der Waals surface area contributed by atoms with Crippen molar-refractivity contribution in [3.8, 4) is 11.5 Å². The number of carboxylic acid groups (broad SMARTS) is 1. The van der Waals surface area contributed by atoms with E-state index in [9.17, 15) is 9.59 Å². The Kier molecular flexibility index (Phi) is 6.39. The zero-order valence-electron chi connectivity index (χ0n) is 14.2. The number of rotatable bonds is 8. The molecule has 0 aliphatic carbocycles. The van der Waals surface area contributed by atoms with Gasteiger partial charge in [0.1, 0.15) is 11.5 Å². The smallest absolute Gasteiger partial charge is 0.335 e. The second-order valence-corrected chi connectivity index (χ2v) is 5.42. The van der Waals surface area contributed by atoms with Crippen LogP contribution in [0.2, 0.25) is 0 Å². The maximum Gasteiger partial charge on any atom is 0.335 e. The summed E-state index contributed by atoms with van der Waals surface area (Å²) >= 11 is 0. The predicted molar refractivity (Wildman–Crippen MR) is 93.4 cm³/mol. The molecule has 132 valence electrons. The molecule has 0 heterocycles. The van der Waals surface area contributed by atoms with Crippen molar-refractivity contribution >= 4 is 11.9 Å². The Bertz CT molecular complexity index is 718. The molecule has 0 radical (unpaired) electrons. The second-order valence-electron chi connectivity index (χ2n) is 5.42. The quantitative estimate of drug-likeness (QED) is 0.768. The minimum atomic E-state index is -0.953. The van der Waals surface area contributed by atoms with E-state index in [1.54, 1.807) is 56.7 Å². The van der Waals surface area contributed by atoms with Crippen LogP contribution >= 0.6 is 0 Å². The zero-order chi connectivity index (χ0) is 18.2. The highest BCUT2D eigenvalue weighted by Gasteiger charge is 2.13. The molecule has 1 amide bonds. The lowest BCUT2D eigenvalue weighted by atomic mass is 10.1. The van der Waals surface area contributed by atoms with E-state index in [2.05, 4.69) is 5.32 Å². The Morgan fingerprint density at radius 1 is 1.00 bits per heavy atom. The Morgan fingerprint density at radius 3 is 2.12 bits per heavy atom. The van der Waals surface area contributed by atoms with Crippen LogP contribution in [0.5, 0.6) is 11.5 Å². The largest absolute Gasteiger partial charge is 0.496 e. The average Bonchev–Trinajstić information content (AvgIpc) is 2.62. The number of aromatic carboxylic acids is 1. The van der Waals surface area contributed by atoms with Gasteiger partial charge in [-0.2, -0.15) is 0 Å². The molecular weight excluding hydrogens is 322 g/mol. The zero-order valence-corrected chi connectivity index (χ0v) is 14.2. The minimum absolute atomic E-state index is 0.134. The van der Waals surface area contributed by atoms with Crippen molar-refractivity contribution in [3.63, 3.8) is 0 Å². The first-order valence-electron chi connectivity index (χ1n) is 7.84. The van der Waals surface area contributed by atoms with Crippen LogP contribution < -0.4 is 14.8 Å². The van der Waals surface area contributed by atoms with E-state index in [1.165, 1.54) is 0 Å². The lowest BCUT2D eigenvalue weighted by molar-refractivity contribution is -0.120. The summed E-state index contributed by atoms with van der Waals surface area (Å²) in [5.41, 5.74) is 1.91. The molecule has 0 bridgehead atoms. The number of benzene rings is 2. The Balaban J connectivity index is 1.90. The third-order valence-corrected chi connectivity index (χ3v) is 3.80. The maximum atomic E-state index is 12.2. The fourth-order valence-corrected chi connectivity index (χ4v) is 2.49. The van der Waals surface area contributed by atoms with Gasteiger partial charge in [0.15, 0.2) is 0 Å². The van der Waals surface area contributed by atoms with Crippen LogP contribution in [-0.2, 0) is 17.6 Å². The van der Waals surface area contributed by atoms with E-state index in [0.29, 0.717) is 30.0 Å². The Labute approximate surface area is 146 Å². The normalized spacial score (nSPS) is 10.2. The van der Waals surface area contributed by atoms with Gasteiger partial charge in [0.25, 0.3) is 0 Å². The van der Waals surface area contributed by atoms with Gasteiger partial charge < -0.3 is 19.9 Å². The molecule has 2 N–H and O–H groups in total. The summed E-state index contributed by atoms with van der Waals surface area (Å²) in [6, 6.07) is 12.0. The Hall–Kier alpha value is -3.02. The predicted octanol–water partition coefficient (Wildman–Crippen LogP) is 2.30. The molecule has 25 heavy (non-hydrogen) atoms. The van der Waals surface area contributed by atoms with Crippen molar-refractivity contribution in [3.05, 3.63) is 59.2 Å². The molecule has 6 nitrogen and oxygen atoms in total. The van der Waals surface area contributed by atoms with Crippen LogP contribution in [0.1, 0.15) is 21.5 Å². The van der Waals surface area contributed by atoms with Gasteiger partial charge in [0.05, 0.1) is 26.2 Å². The second kappa shape index (κ2) is 8.73. The van der Waals surface area contributed by atoms with E-state index in [4.69, 9.17) is 14.6 Å². The first kappa shape index (κ1) is 18.3. The van der Waals surface area contributed by atoms with E-state index in [-0.39, 0.29) is 17.9 Å². The van der Waals surface area contributed by atoms with E-state index < -0.39 is 5.97 Å². The highest BCUT2D eigenvalue weighted by Crippen LogP contribution is 2.28. The summed E-state index contributed by atoms with van der Waals surface area (Å²) in [6.07, 6.45) is 0.778. The van der Waals surface area contributed by atoms with Crippen LogP contribution in [0.25, 0.3) is 0 Å². The summed E-state index contributed by atoms with van der Waals surface area (Å²) in [5, 5.41) is 11.7. The molecule has 0 spiro atoms. The van der Waals surface area contributed by atoms with Gasteiger partial charge in [-0.15, -0.1) is 0 Å². The van der Waals surface area contributed by atoms with E-state index >= 15 is 0 Å². The van der Waals surface area contributed by atoms with Gasteiger partial charge in [-0.3, -0.25) is 4.79 Å². The van der Waals surface area contributed by atoms with Crippen molar-refractivity contribution in [1.82, 2.24) is 5.32 Å². The average molecular weight is 343 g/mol. The number of ether oxygens (including phenoxy) is 2. The molecule has 0 unspecified atom stereocenters. The number of hydrogen-bond acceptors (Lipinski definition) is 4. The van der Waals surface area contributed by atoms with Crippen LogP contribution in [-0.4, -0.2) is 37.7 Å². The van der Waals surface area contributed by atoms with Gasteiger partial charge in [-0.05, 0) is 36.2 Å².